The summed E-state index contributed by atoms with van der Waals surface area (Å²) in [5.41, 5.74) is 0. The van der Waals surface area contributed by atoms with Gasteiger partial charge >= 0.3 is 0 Å². The van der Waals surface area contributed by atoms with Gasteiger partial charge in [0.1, 0.15) is 0 Å². The molecule has 2 spiro atoms. The number of ether oxygens (including phenoxy) is 1. The summed E-state index contributed by atoms with van der Waals surface area (Å²) in [6, 6.07) is 0. The maximum Gasteiger partial charge on any atom is 0.210 e. The molecule has 7 fully saturated rings. The molecule has 4 heteroatoms. The molecule has 0 amide bonds. The van der Waals surface area contributed by atoms with Gasteiger partial charge in [-0.05, 0) is 94.3 Å². The Balaban J connectivity index is 1.13. The fourth-order valence-corrected chi connectivity index (χ4v) is 7.92. The molecule has 6 aliphatic carbocycles. The summed E-state index contributed by atoms with van der Waals surface area (Å²) in [6.07, 6.45) is 15.3. The monoisotopic (exact) mass is 362 g/mol. The van der Waals surface area contributed by atoms with Crippen molar-refractivity contribution in [2.45, 2.75) is 101 Å². The predicted octanol–water partition coefficient (Wildman–Crippen LogP) is 4.55. The van der Waals surface area contributed by atoms with Crippen molar-refractivity contribution in [3.63, 3.8) is 0 Å². The van der Waals surface area contributed by atoms with Crippen molar-refractivity contribution < 1.29 is 19.6 Å². The van der Waals surface area contributed by atoms with Gasteiger partial charge in [-0.2, -0.15) is 9.78 Å². The van der Waals surface area contributed by atoms with Crippen molar-refractivity contribution in [3.8, 4) is 0 Å². The Hall–Kier alpha value is -0.160. The summed E-state index contributed by atoms with van der Waals surface area (Å²) < 4.78 is 6.82. The fraction of sp³-hybridized carbons (Fsp3) is 1.00. The summed E-state index contributed by atoms with van der Waals surface area (Å²) in [5.74, 6) is 3.69. The van der Waals surface area contributed by atoms with Crippen molar-refractivity contribution in [3.05, 3.63) is 0 Å². The first kappa shape index (κ1) is 16.8. The molecule has 7 rings (SSSR count). The normalized spacial score (nSPS) is 58.7. The molecule has 1 aliphatic heterocycles. The van der Waals surface area contributed by atoms with Crippen LogP contribution in [0.25, 0.3) is 0 Å². The number of hydrogen-bond donors (Lipinski definition) is 1. The van der Waals surface area contributed by atoms with E-state index in [-0.39, 0.29) is 6.10 Å². The van der Waals surface area contributed by atoms with Crippen molar-refractivity contribution in [2.24, 2.45) is 35.5 Å². The van der Waals surface area contributed by atoms with Gasteiger partial charge in [-0.1, -0.05) is 0 Å². The van der Waals surface area contributed by atoms with E-state index < -0.39 is 11.6 Å². The van der Waals surface area contributed by atoms with E-state index in [4.69, 9.17) is 14.5 Å². The lowest BCUT2D eigenvalue weighted by Crippen LogP contribution is -2.59. The average Bonchev–Trinajstić information content (AvgIpc) is 3.01. The maximum absolute atomic E-state index is 9.78. The van der Waals surface area contributed by atoms with E-state index in [1.54, 1.807) is 0 Å². The number of aliphatic hydroxyl groups is 1. The molecule has 0 radical (unpaired) electrons. The molecule has 4 nitrogen and oxygen atoms in total. The van der Waals surface area contributed by atoms with Crippen LogP contribution >= 0.6 is 0 Å². The molecule has 26 heavy (non-hydrogen) atoms. The van der Waals surface area contributed by atoms with Gasteiger partial charge in [0.25, 0.3) is 0 Å². The van der Waals surface area contributed by atoms with Crippen molar-refractivity contribution >= 4 is 0 Å². The Labute approximate surface area is 156 Å². The van der Waals surface area contributed by atoms with Crippen LogP contribution in [0, 0.1) is 35.5 Å². The molecule has 0 aromatic rings. The lowest BCUT2D eigenvalue weighted by Gasteiger charge is -2.57. The van der Waals surface area contributed by atoms with Crippen LogP contribution in [0.3, 0.4) is 0 Å². The molecule has 0 aromatic carbocycles. The molecule has 0 aromatic heterocycles. The smallest absolute Gasteiger partial charge is 0.210 e. The van der Waals surface area contributed by atoms with E-state index in [1.807, 2.05) is 0 Å². The van der Waals surface area contributed by atoms with Crippen LogP contribution in [-0.2, 0) is 14.5 Å². The third-order valence-electron chi connectivity index (χ3n) is 9.15. The van der Waals surface area contributed by atoms with Crippen molar-refractivity contribution in [1.29, 1.82) is 0 Å². The molecule has 0 atom stereocenters. The van der Waals surface area contributed by atoms with Crippen LogP contribution in [0.2, 0.25) is 0 Å². The summed E-state index contributed by atoms with van der Waals surface area (Å²) in [7, 11) is 0. The zero-order valence-electron chi connectivity index (χ0n) is 15.9. The Kier molecular flexibility index (Phi) is 3.82. The number of hydrogen-bond acceptors (Lipinski definition) is 4. The molecule has 4 bridgehead atoms. The molecule has 7 aliphatic rings. The molecule has 146 valence electrons. The molecule has 1 heterocycles. The third kappa shape index (κ3) is 2.48. The van der Waals surface area contributed by atoms with Gasteiger partial charge in [0.05, 0.1) is 6.10 Å². The van der Waals surface area contributed by atoms with Crippen LogP contribution in [0.1, 0.15) is 83.5 Å². The molecule has 1 saturated heterocycles. The molecular weight excluding hydrogens is 328 g/mol. The Bertz CT molecular complexity index is 516. The summed E-state index contributed by atoms with van der Waals surface area (Å²) in [4.78, 5) is 12.2. The second-order valence-electron chi connectivity index (χ2n) is 10.6. The van der Waals surface area contributed by atoms with Gasteiger partial charge in [-0.15, -0.1) is 0 Å². The Morgan fingerprint density at radius 2 is 1.23 bits per heavy atom. The van der Waals surface area contributed by atoms with Gasteiger partial charge in [0.2, 0.25) is 11.6 Å². The first-order valence-corrected chi connectivity index (χ1v) is 11.4. The van der Waals surface area contributed by atoms with E-state index in [1.165, 1.54) is 57.8 Å². The van der Waals surface area contributed by atoms with Crippen LogP contribution < -0.4 is 0 Å². The predicted molar refractivity (Wildman–Crippen MR) is 95.7 cm³/mol. The second-order valence-corrected chi connectivity index (χ2v) is 10.6. The van der Waals surface area contributed by atoms with Crippen LogP contribution in [0.4, 0.5) is 0 Å². The van der Waals surface area contributed by atoms with Gasteiger partial charge in [-0.3, -0.25) is 0 Å². The highest BCUT2D eigenvalue weighted by Gasteiger charge is 2.66. The van der Waals surface area contributed by atoms with Crippen molar-refractivity contribution in [2.75, 3.05) is 0 Å². The quantitative estimate of drug-likeness (QED) is 0.695. The highest BCUT2D eigenvalue weighted by molar-refractivity contribution is 5.05. The molecule has 0 unspecified atom stereocenters. The molecule has 6 saturated carbocycles. The molecule has 1 N–H and O–H groups in total. The zero-order valence-corrected chi connectivity index (χ0v) is 15.9. The van der Waals surface area contributed by atoms with Crippen molar-refractivity contribution in [1.82, 2.24) is 0 Å². The Morgan fingerprint density at radius 3 is 1.85 bits per heavy atom. The van der Waals surface area contributed by atoms with Crippen LogP contribution in [-0.4, -0.2) is 22.8 Å². The minimum Gasteiger partial charge on any atom is -0.393 e. The number of rotatable bonds is 1. The summed E-state index contributed by atoms with van der Waals surface area (Å²) in [6.45, 7) is 0. The average molecular weight is 363 g/mol. The van der Waals surface area contributed by atoms with Gasteiger partial charge in [0.15, 0.2) is 0 Å². The molecular formula is C22H34O4. The van der Waals surface area contributed by atoms with Crippen LogP contribution in [0.5, 0.6) is 0 Å². The van der Waals surface area contributed by atoms with E-state index in [0.29, 0.717) is 11.8 Å². The highest BCUT2D eigenvalue weighted by atomic mass is 17.3. The fourth-order valence-electron chi connectivity index (χ4n) is 7.92. The zero-order chi connectivity index (χ0) is 17.4. The largest absolute Gasteiger partial charge is 0.393 e. The van der Waals surface area contributed by atoms with E-state index in [0.717, 1.165) is 49.4 Å². The van der Waals surface area contributed by atoms with E-state index >= 15 is 0 Å². The third-order valence-corrected chi connectivity index (χ3v) is 9.15. The minimum absolute atomic E-state index is 0.0483. The first-order valence-electron chi connectivity index (χ1n) is 11.4. The Morgan fingerprint density at radius 1 is 0.654 bits per heavy atom. The standard InChI is InChI=1S/C22H34O4/c23-20-3-1-16(2-4-20)17-5-7-21(8-6-17)24-22(26-25-21)18-10-14-9-15(12-18)13-19(22)11-14/h14-20,23H,1-13H2. The van der Waals surface area contributed by atoms with E-state index in [2.05, 4.69) is 0 Å². The number of aliphatic hydroxyl groups excluding tert-OH is 1. The van der Waals surface area contributed by atoms with Crippen LogP contribution in [0.15, 0.2) is 0 Å². The second kappa shape index (κ2) is 5.92. The van der Waals surface area contributed by atoms with E-state index in [9.17, 15) is 5.11 Å². The maximum atomic E-state index is 9.78. The lowest BCUT2D eigenvalue weighted by molar-refractivity contribution is -0.390. The SMILES string of the molecule is OC1CCC(C2CCC3(CC2)OOC2(O3)C3CC4CC(C3)CC2C4)CC1. The summed E-state index contributed by atoms with van der Waals surface area (Å²) in [5, 5.41) is 9.78. The topological polar surface area (TPSA) is 47.9 Å². The summed E-state index contributed by atoms with van der Waals surface area (Å²) >= 11 is 0. The van der Waals surface area contributed by atoms with Gasteiger partial charge in [0, 0.05) is 24.7 Å². The minimum atomic E-state index is -0.458. The highest BCUT2D eigenvalue weighted by Crippen LogP contribution is 2.64. The lowest BCUT2D eigenvalue weighted by atomic mass is 9.53. The first-order chi connectivity index (χ1) is 12.6. The van der Waals surface area contributed by atoms with Gasteiger partial charge in [-0.25, -0.2) is 0 Å². The van der Waals surface area contributed by atoms with Gasteiger partial charge < -0.3 is 9.84 Å².